The monoisotopic (exact) mass is 588 g/mol. The molecule has 2 saturated heterocycles. The van der Waals surface area contributed by atoms with Gasteiger partial charge in [-0.05, 0) is 68.0 Å². The van der Waals surface area contributed by atoms with Crippen LogP contribution in [0.5, 0.6) is 0 Å². The predicted molar refractivity (Wildman–Crippen MR) is 166 cm³/mol. The van der Waals surface area contributed by atoms with Gasteiger partial charge in [0.15, 0.2) is 0 Å². The first-order valence-corrected chi connectivity index (χ1v) is 16.5. The number of nitrogens with zero attached hydrogens (tertiary/aromatic N) is 3. The number of rotatable bonds is 8. The third-order valence-corrected chi connectivity index (χ3v) is 9.63. The van der Waals surface area contributed by atoms with Crippen molar-refractivity contribution in [3.8, 4) is 0 Å². The number of piperidine rings is 1. The van der Waals surface area contributed by atoms with Crippen molar-refractivity contribution in [3.63, 3.8) is 0 Å². The molecule has 0 aliphatic carbocycles. The van der Waals surface area contributed by atoms with Crippen LogP contribution in [0.25, 0.3) is 0 Å². The lowest BCUT2D eigenvalue weighted by Gasteiger charge is -2.31. The average molecular weight is 589 g/mol. The minimum Gasteiger partial charge on any atom is -0.369 e. The Morgan fingerprint density at radius 3 is 2.12 bits per heavy atom. The molecule has 2 heterocycles. The minimum absolute atomic E-state index is 0.0854. The number of hydrogen-bond donors (Lipinski definition) is 1. The van der Waals surface area contributed by atoms with Gasteiger partial charge in [-0.25, -0.2) is 8.42 Å². The van der Waals surface area contributed by atoms with Crippen LogP contribution in [0.4, 0.5) is 11.4 Å². The van der Waals surface area contributed by atoms with Crippen LogP contribution >= 0.6 is 0 Å². The van der Waals surface area contributed by atoms with E-state index in [2.05, 4.69) is 9.62 Å². The Morgan fingerprint density at radius 2 is 1.43 bits per heavy atom. The van der Waals surface area contributed by atoms with E-state index in [0.29, 0.717) is 50.5 Å². The van der Waals surface area contributed by atoms with Crippen LogP contribution in [-0.2, 0) is 14.8 Å². The summed E-state index contributed by atoms with van der Waals surface area (Å²) in [5.41, 5.74) is 2.65. The van der Waals surface area contributed by atoms with Crippen LogP contribution in [0.2, 0.25) is 0 Å². The standard InChI is InChI=1S/C33H40N4O4S/c1-2-29(26-13-6-3-7-14-26)32(38)37-22-12-21-35(23-24-37)31-18-17-27(34-42(40,41)28-15-8-4-9-16-28)25-30(31)33(39)36-19-10-5-11-20-36/h3-4,6-9,13-18,25,29,34H,2,5,10-12,19-24H2,1H3. The van der Waals surface area contributed by atoms with E-state index < -0.39 is 10.0 Å². The number of sulfonamides is 1. The number of amides is 2. The Bertz CT molecular complexity index is 1470. The lowest BCUT2D eigenvalue weighted by atomic mass is 9.95. The molecule has 1 atom stereocenters. The molecule has 2 aliphatic heterocycles. The number of nitrogens with one attached hydrogen (secondary N) is 1. The molecular formula is C33H40N4O4S. The highest BCUT2D eigenvalue weighted by molar-refractivity contribution is 7.92. The molecule has 0 radical (unpaired) electrons. The zero-order chi connectivity index (χ0) is 29.5. The summed E-state index contributed by atoms with van der Waals surface area (Å²) in [6.45, 7) is 5.93. The van der Waals surface area contributed by atoms with E-state index >= 15 is 0 Å². The highest BCUT2D eigenvalue weighted by Crippen LogP contribution is 2.30. The van der Waals surface area contributed by atoms with Crippen molar-refractivity contribution < 1.29 is 18.0 Å². The molecule has 2 aliphatic rings. The highest BCUT2D eigenvalue weighted by atomic mass is 32.2. The van der Waals surface area contributed by atoms with Crippen LogP contribution in [0.3, 0.4) is 0 Å². The number of carbonyl (C=O) groups is 2. The predicted octanol–water partition coefficient (Wildman–Crippen LogP) is 5.35. The smallest absolute Gasteiger partial charge is 0.261 e. The van der Waals surface area contributed by atoms with Crippen molar-refractivity contribution >= 4 is 33.2 Å². The maximum Gasteiger partial charge on any atom is 0.261 e. The van der Waals surface area contributed by atoms with Crippen molar-refractivity contribution in [2.75, 3.05) is 48.9 Å². The minimum atomic E-state index is -3.81. The molecule has 9 heteroatoms. The molecule has 8 nitrogen and oxygen atoms in total. The molecule has 1 unspecified atom stereocenters. The van der Waals surface area contributed by atoms with Gasteiger partial charge >= 0.3 is 0 Å². The zero-order valence-electron chi connectivity index (χ0n) is 24.2. The second kappa shape index (κ2) is 13.4. The largest absolute Gasteiger partial charge is 0.369 e. The van der Waals surface area contributed by atoms with Crippen LogP contribution < -0.4 is 9.62 Å². The third-order valence-electron chi connectivity index (χ3n) is 8.23. The van der Waals surface area contributed by atoms with E-state index in [9.17, 15) is 18.0 Å². The summed E-state index contributed by atoms with van der Waals surface area (Å²) in [4.78, 5) is 33.6. The molecule has 0 bridgehead atoms. The topological polar surface area (TPSA) is 90.0 Å². The second-order valence-electron chi connectivity index (χ2n) is 11.0. The molecule has 5 rings (SSSR count). The summed E-state index contributed by atoms with van der Waals surface area (Å²) in [6, 6.07) is 23.4. The first kappa shape index (κ1) is 29.6. The molecule has 222 valence electrons. The van der Waals surface area contributed by atoms with Gasteiger partial charge < -0.3 is 14.7 Å². The van der Waals surface area contributed by atoms with E-state index in [1.165, 1.54) is 0 Å². The van der Waals surface area contributed by atoms with E-state index in [0.717, 1.165) is 43.4 Å². The summed E-state index contributed by atoms with van der Waals surface area (Å²) in [6.07, 6.45) is 4.53. The third kappa shape index (κ3) is 6.78. The average Bonchev–Trinajstić information content (AvgIpc) is 3.29. The molecule has 0 aromatic heterocycles. The molecular weight excluding hydrogens is 548 g/mol. The first-order chi connectivity index (χ1) is 20.4. The van der Waals surface area contributed by atoms with Gasteiger partial charge in [-0.2, -0.15) is 0 Å². The number of likely N-dealkylation sites (tertiary alicyclic amines) is 1. The lowest BCUT2D eigenvalue weighted by molar-refractivity contribution is -0.132. The van der Waals surface area contributed by atoms with Crippen molar-refractivity contribution in [1.29, 1.82) is 0 Å². The Labute approximate surface area is 249 Å². The Kier molecular flexibility index (Phi) is 9.47. The summed E-state index contributed by atoms with van der Waals surface area (Å²) in [5.74, 6) is -0.121. The van der Waals surface area contributed by atoms with Crippen LogP contribution in [0.15, 0.2) is 83.8 Å². The van der Waals surface area contributed by atoms with Crippen molar-refractivity contribution in [2.45, 2.75) is 49.8 Å². The zero-order valence-corrected chi connectivity index (χ0v) is 25.1. The van der Waals surface area contributed by atoms with Crippen LogP contribution in [-0.4, -0.2) is 69.3 Å². The van der Waals surface area contributed by atoms with Gasteiger partial charge in [0.1, 0.15) is 0 Å². The van der Waals surface area contributed by atoms with Crippen molar-refractivity contribution in [1.82, 2.24) is 9.80 Å². The number of carbonyl (C=O) groups excluding carboxylic acids is 2. The number of benzene rings is 3. The van der Waals surface area contributed by atoms with E-state index in [1.807, 2.05) is 53.1 Å². The summed E-state index contributed by atoms with van der Waals surface area (Å²) >= 11 is 0. The molecule has 3 aromatic carbocycles. The normalized spacial score (nSPS) is 16.9. The maximum absolute atomic E-state index is 13.9. The van der Waals surface area contributed by atoms with Gasteiger partial charge in [-0.3, -0.25) is 14.3 Å². The fraction of sp³-hybridized carbons (Fsp3) is 0.394. The van der Waals surface area contributed by atoms with Gasteiger partial charge in [-0.1, -0.05) is 55.5 Å². The lowest BCUT2D eigenvalue weighted by Crippen LogP contribution is -2.39. The molecule has 2 amide bonds. The molecule has 0 saturated carbocycles. The molecule has 1 N–H and O–H groups in total. The van der Waals surface area contributed by atoms with Gasteiger partial charge in [0.2, 0.25) is 5.91 Å². The van der Waals surface area contributed by atoms with E-state index in [4.69, 9.17) is 0 Å². The van der Waals surface area contributed by atoms with Crippen molar-refractivity contribution in [3.05, 3.63) is 90.0 Å². The van der Waals surface area contributed by atoms with E-state index in [-0.39, 0.29) is 22.6 Å². The summed E-state index contributed by atoms with van der Waals surface area (Å²) < 4.78 is 28.8. The second-order valence-corrected chi connectivity index (χ2v) is 12.7. The quantitative estimate of drug-likeness (QED) is 0.384. The first-order valence-electron chi connectivity index (χ1n) is 15.0. The Morgan fingerprint density at radius 1 is 0.762 bits per heavy atom. The maximum atomic E-state index is 13.9. The molecule has 2 fully saturated rings. The number of hydrogen-bond acceptors (Lipinski definition) is 5. The van der Waals surface area contributed by atoms with Gasteiger partial charge in [0.25, 0.3) is 15.9 Å². The molecule has 42 heavy (non-hydrogen) atoms. The van der Waals surface area contributed by atoms with Crippen molar-refractivity contribution in [2.24, 2.45) is 0 Å². The van der Waals surface area contributed by atoms with Crippen LogP contribution in [0.1, 0.15) is 60.9 Å². The fourth-order valence-electron chi connectivity index (χ4n) is 5.97. The van der Waals surface area contributed by atoms with E-state index in [1.54, 1.807) is 42.5 Å². The highest BCUT2D eigenvalue weighted by Gasteiger charge is 2.29. The summed E-state index contributed by atoms with van der Waals surface area (Å²) in [7, 11) is -3.81. The Hall–Kier alpha value is -3.85. The van der Waals surface area contributed by atoms with Crippen LogP contribution in [0, 0.1) is 0 Å². The molecule has 0 spiro atoms. The number of anilines is 2. The van der Waals surface area contributed by atoms with Gasteiger partial charge in [0, 0.05) is 50.6 Å². The fourth-order valence-corrected chi connectivity index (χ4v) is 7.04. The Balaban J connectivity index is 1.39. The van der Waals surface area contributed by atoms with Gasteiger partial charge in [0.05, 0.1) is 16.4 Å². The van der Waals surface area contributed by atoms with Gasteiger partial charge in [-0.15, -0.1) is 0 Å². The molecule has 3 aromatic rings. The summed E-state index contributed by atoms with van der Waals surface area (Å²) in [5, 5.41) is 0. The SMILES string of the molecule is CCC(C(=O)N1CCCN(c2ccc(NS(=O)(=O)c3ccccc3)cc2C(=O)N2CCCCC2)CC1)c1ccccc1.